The average molecular weight is 370 g/mol. The lowest BCUT2D eigenvalue weighted by Gasteiger charge is -2.06. The lowest BCUT2D eigenvalue weighted by Crippen LogP contribution is -1.98. The number of aromatic nitrogens is 1. The van der Waals surface area contributed by atoms with Gasteiger partial charge in [0.25, 0.3) is 0 Å². The number of benzene rings is 3. The molecule has 0 spiro atoms. The Morgan fingerprint density at radius 1 is 0.821 bits per heavy atom. The molecule has 0 aliphatic heterocycles. The predicted octanol–water partition coefficient (Wildman–Crippen LogP) is 4.80. The number of carboxylic acid groups (broad SMARTS) is 1. The minimum absolute atomic E-state index is 0.138. The molecule has 1 aromatic heterocycles. The Bertz CT molecular complexity index is 1150. The molecule has 0 unspecified atom stereocenters. The van der Waals surface area contributed by atoms with Crippen LogP contribution in [-0.2, 0) is 0 Å². The van der Waals surface area contributed by atoms with E-state index in [1.807, 2.05) is 36.5 Å². The normalized spacial score (nSPS) is 10.7. The molecule has 138 valence electrons. The minimum atomic E-state index is -1.17. The molecule has 0 radical (unpaired) electrons. The van der Waals surface area contributed by atoms with E-state index in [-0.39, 0.29) is 11.3 Å². The van der Waals surface area contributed by atoms with Crippen molar-refractivity contribution < 1.29 is 15.0 Å². The predicted molar refractivity (Wildman–Crippen MR) is 110 cm³/mol. The second kappa shape index (κ2) is 6.96. The second-order valence-electron chi connectivity index (χ2n) is 6.48. The van der Waals surface area contributed by atoms with E-state index in [0.29, 0.717) is 11.4 Å². The van der Waals surface area contributed by atoms with Gasteiger partial charge in [-0.25, -0.2) is 4.79 Å². The maximum Gasteiger partial charge on any atom is 0.339 e. The summed E-state index contributed by atoms with van der Waals surface area (Å²) in [7, 11) is 0. The molecule has 5 nitrogen and oxygen atoms in total. The fourth-order valence-corrected chi connectivity index (χ4v) is 3.19. The van der Waals surface area contributed by atoms with Gasteiger partial charge >= 0.3 is 5.97 Å². The smallest absolute Gasteiger partial charge is 0.339 e. The average Bonchev–Trinajstić information content (AvgIpc) is 3.10. The van der Waals surface area contributed by atoms with Crippen LogP contribution in [0.1, 0.15) is 10.4 Å². The number of aromatic carboxylic acids is 1. The molecule has 0 fully saturated rings. The fraction of sp³-hybridized carbons (Fsp3) is 0. The summed E-state index contributed by atoms with van der Waals surface area (Å²) in [5, 5.41) is 19.0. The van der Waals surface area contributed by atoms with Crippen molar-refractivity contribution in [2.45, 2.75) is 0 Å². The van der Waals surface area contributed by atoms with Gasteiger partial charge in [-0.3, -0.25) is 0 Å². The monoisotopic (exact) mass is 370 g/mol. The largest absolute Gasteiger partial charge is 0.507 e. The SMILES string of the molecule is Nc1cn(-c2ccc(C(=O)O)c(O)c2)cc1-c1ccc(-c2ccccc2)cc1. The Morgan fingerprint density at radius 2 is 1.46 bits per heavy atom. The van der Waals surface area contributed by atoms with Crippen LogP contribution in [-0.4, -0.2) is 20.7 Å². The number of nitrogens with two attached hydrogens (primary N) is 1. The van der Waals surface area contributed by atoms with Crippen LogP contribution >= 0.6 is 0 Å². The second-order valence-corrected chi connectivity index (χ2v) is 6.48. The van der Waals surface area contributed by atoms with Gasteiger partial charge in [0.1, 0.15) is 11.3 Å². The van der Waals surface area contributed by atoms with Crippen LogP contribution in [0.2, 0.25) is 0 Å². The molecule has 0 saturated heterocycles. The van der Waals surface area contributed by atoms with Gasteiger partial charge in [0.05, 0.1) is 5.69 Å². The molecule has 0 aliphatic rings. The number of nitrogen functional groups attached to an aromatic ring is 1. The van der Waals surface area contributed by atoms with Crippen molar-refractivity contribution in [2.75, 3.05) is 5.73 Å². The zero-order chi connectivity index (χ0) is 19.7. The van der Waals surface area contributed by atoms with Crippen LogP contribution in [0.4, 0.5) is 5.69 Å². The van der Waals surface area contributed by atoms with Crippen LogP contribution in [0.5, 0.6) is 5.75 Å². The third kappa shape index (κ3) is 3.21. The lowest BCUT2D eigenvalue weighted by atomic mass is 10.0. The zero-order valence-corrected chi connectivity index (χ0v) is 14.9. The molecule has 0 amide bonds. The van der Waals surface area contributed by atoms with Gasteiger partial charge in [0.15, 0.2) is 0 Å². The fourth-order valence-electron chi connectivity index (χ4n) is 3.19. The Morgan fingerprint density at radius 3 is 2.11 bits per heavy atom. The van der Waals surface area contributed by atoms with Crippen molar-refractivity contribution in [2.24, 2.45) is 0 Å². The highest BCUT2D eigenvalue weighted by molar-refractivity contribution is 5.91. The summed E-state index contributed by atoms with van der Waals surface area (Å²) in [6.07, 6.45) is 3.61. The molecule has 28 heavy (non-hydrogen) atoms. The van der Waals surface area contributed by atoms with Crippen molar-refractivity contribution in [1.29, 1.82) is 0 Å². The van der Waals surface area contributed by atoms with Crippen molar-refractivity contribution >= 4 is 11.7 Å². The quantitative estimate of drug-likeness (QED) is 0.481. The van der Waals surface area contributed by atoms with E-state index in [1.54, 1.807) is 16.8 Å². The van der Waals surface area contributed by atoms with Gasteiger partial charge in [0.2, 0.25) is 0 Å². The maximum atomic E-state index is 11.1. The first kappa shape index (κ1) is 17.4. The molecule has 0 bridgehead atoms. The van der Waals surface area contributed by atoms with Crippen molar-refractivity contribution in [3.05, 3.63) is 90.8 Å². The highest BCUT2D eigenvalue weighted by Gasteiger charge is 2.12. The molecule has 4 rings (SSSR count). The lowest BCUT2D eigenvalue weighted by molar-refractivity contribution is 0.0694. The van der Waals surface area contributed by atoms with E-state index in [0.717, 1.165) is 22.3 Å². The number of hydrogen-bond donors (Lipinski definition) is 3. The summed E-state index contributed by atoms with van der Waals surface area (Å²) in [4.78, 5) is 11.1. The molecule has 4 aromatic rings. The van der Waals surface area contributed by atoms with Crippen LogP contribution in [0, 0.1) is 0 Å². The standard InChI is InChI=1S/C23H18N2O3/c24-21-14-25(18-10-11-19(23(27)28)22(26)12-18)13-20(21)17-8-6-16(7-9-17)15-4-2-1-3-5-15/h1-14,26H,24H2,(H,27,28). The molecule has 0 atom stereocenters. The molecular weight excluding hydrogens is 352 g/mol. The maximum absolute atomic E-state index is 11.1. The van der Waals surface area contributed by atoms with Crippen LogP contribution in [0.15, 0.2) is 85.2 Å². The number of carbonyl (C=O) groups is 1. The van der Waals surface area contributed by atoms with Gasteiger partial charge in [-0.15, -0.1) is 0 Å². The Hall–Kier alpha value is -3.99. The molecule has 0 aliphatic carbocycles. The van der Waals surface area contributed by atoms with Crippen LogP contribution in [0.3, 0.4) is 0 Å². The number of carboxylic acids is 1. The zero-order valence-electron chi connectivity index (χ0n) is 14.9. The summed E-state index contributed by atoms with van der Waals surface area (Å²) >= 11 is 0. The topological polar surface area (TPSA) is 88.5 Å². The number of rotatable bonds is 4. The first-order chi connectivity index (χ1) is 13.5. The van der Waals surface area contributed by atoms with Crippen LogP contribution < -0.4 is 5.73 Å². The van der Waals surface area contributed by atoms with E-state index >= 15 is 0 Å². The first-order valence-electron chi connectivity index (χ1n) is 8.73. The summed E-state index contributed by atoms with van der Waals surface area (Å²) in [5.41, 5.74) is 11.4. The Labute approximate surface area is 161 Å². The summed E-state index contributed by atoms with van der Waals surface area (Å²) < 4.78 is 1.77. The summed E-state index contributed by atoms with van der Waals surface area (Å²) in [6.45, 7) is 0. The van der Waals surface area contributed by atoms with E-state index in [9.17, 15) is 9.90 Å². The molecular formula is C23H18N2O3. The van der Waals surface area contributed by atoms with Gasteiger partial charge in [-0.05, 0) is 28.8 Å². The molecule has 3 aromatic carbocycles. The molecule has 5 heteroatoms. The van der Waals surface area contributed by atoms with Gasteiger partial charge < -0.3 is 20.5 Å². The van der Waals surface area contributed by atoms with E-state index in [2.05, 4.69) is 24.3 Å². The number of aromatic hydroxyl groups is 1. The third-order valence-electron chi connectivity index (χ3n) is 4.67. The van der Waals surface area contributed by atoms with Crippen LogP contribution in [0.25, 0.3) is 27.9 Å². The van der Waals surface area contributed by atoms with E-state index < -0.39 is 5.97 Å². The summed E-state index contributed by atoms with van der Waals surface area (Å²) in [5.74, 6) is -1.46. The molecule has 4 N–H and O–H groups in total. The highest BCUT2D eigenvalue weighted by Crippen LogP contribution is 2.31. The van der Waals surface area contributed by atoms with Gasteiger partial charge in [-0.1, -0.05) is 54.6 Å². The highest BCUT2D eigenvalue weighted by atomic mass is 16.4. The molecule has 1 heterocycles. The van der Waals surface area contributed by atoms with Gasteiger partial charge in [-0.2, -0.15) is 0 Å². The Balaban J connectivity index is 1.67. The van der Waals surface area contributed by atoms with Crippen molar-refractivity contribution in [3.8, 4) is 33.7 Å². The molecule has 0 saturated carbocycles. The Kier molecular flexibility index (Phi) is 4.33. The summed E-state index contributed by atoms with van der Waals surface area (Å²) in [6, 6.07) is 22.7. The number of hydrogen-bond acceptors (Lipinski definition) is 3. The van der Waals surface area contributed by atoms with E-state index in [1.165, 1.54) is 12.1 Å². The third-order valence-corrected chi connectivity index (χ3v) is 4.67. The number of phenols is 1. The number of nitrogens with zero attached hydrogens (tertiary/aromatic N) is 1. The first-order valence-corrected chi connectivity index (χ1v) is 8.73. The van der Waals surface area contributed by atoms with Gasteiger partial charge in [0, 0.05) is 29.7 Å². The number of anilines is 1. The minimum Gasteiger partial charge on any atom is -0.507 e. The van der Waals surface area contributed by atoms with E-state index in [4.69, 9.17) is 10.8 Å². The van der Waals surface area contributed by atoms with Crippen molar-refractivity contribution in [3.63, 3.8) is 0 Å². The van der Waals surface area contributed by atoms with Crippen molar-refractivity contribution in [1.82, 2.24) is 4.57 Å².